The molecule has 2 aromatic carbocycles. The van der Waals surface area contributed by atoms with Crippen molar-refractivity contribution in [1.29, 1.82) is 0 Å². The molecule has 0 saturated carbocycles. The van der Waals surface area contributed by atoms with E-state index in [1.807, 2.05) is 20.8 Å². The van der Waals surface area contributed by atoms with Crippen LogP contribution >= 0.6 is 11.6 Å². The molecule has 3 rings (SSSR count). The summed E-state index contributed by atoms with van der Waals surface area (Å²) >= 11 is 5.61. The lowest BCUT2D eigenvalue weighted by molar-refractivity contribution is -0.137. The quantitative estimate of drug-likeness (QED) is 0.669. The van der Waals surface area contributed by atoms with Crippen molar-refractivity contribution in [2.45, 2.75) is 38.5 Å². The summed E-state index contributed by atoms with van der Waals surface area (Å²) in [4.78, 5) is 12.8. The number of fused-ring (bicyclic) bond motifs is 1. The number of nitrogens with one attached hydrogen (secondary N) is 1. The third kappa shape index (κ3) is 5.12. The number of carbonyl (C=O) groups is 1. The Morgan fingerprint density at radius 2 is 1.81 bits per heavy atom. The lowest BCUT2D eigenvalue weighted by atomic mass is 9.86. The molecule has 174 valence electrons. The lowest BCUT2D eigenvalue weighted by Crippen LogP contribution is -2.48. The van der Waals surface area contributed by atoms with E-state index >= 15 is 0 Å². The number of rotatable bonds is 3. The molecule has 0 fully saturated rings. The van der Waals surface area contributed by atoms with E-state index < -0.39 is 38.8 Å². The van der Waals surface area contributed by atoms with E-state index in [2.05, 4.69) is 5.32 Å². The zero-order valence-corrected chi connectivity index (χ0v) is 19.3. The van der Waals surface area contributed by atoms with Gasteiger partial charge in [0, 0.05) is 5.69 Å². The molecule has 1 amide bonds. The highest BCUT2D eigenvalue weighted by molar-refractivity contribution is 7.92. The van der Waals surface area contributed by atoms with Crippen molar-refractivity contribution in [3.05, 3.63) is 52.5 Å². The van der Waals surface area contributed by atoms with Gasteiger partial charge in [-0.25, -0.2) is 8.42 Å². The van der Waals surface area contributed by atoms with Crippen LogP contribution in [0.5, 0.6) is 5.75 Å². The van der Waals surface area contributed by atoms with Gasteiger partial charge in [0.25, 0.3) is 5.91 Å². The molecule has 1 aliphatic rings. The largest absolute Gasteiger partial charge is 0.476 e. The minimum Gasteiger partial charge on any atom is -0.476 e. The molecule has 0 bridgehead atoms. The van der Waals surface area contributed by atoms with Crippen LogP contribution in [0.4, 0.5) is 24.5 Å². The van der Waals surface area contributed by atoms with Crippen molar-refractivity contribution < 1.29 is 31.1 Å². The zero-order valence-electron chi connectivity index (χ0n) is 17.7. The third-order valence-corrected chi connectivity index (χ3v) is 6.40. The molecular formula is C21H22ClF3N2O4S. The Kier molecular flexibility index (Phi) is 6.16. The maximum Gasteiger partial charge on any atom is 0.417 e. The Hall–Kier alpha value is -2.46. The molecule has 6 nitrogen and oxygen atoms in total. The summed E-state index contributed by atoms with van der Waals surface area (Å²) in [6.07, 6.45) is -4.96. The van der Waals surface area contributed by atoms with Gasteiger partial charge in [-0.15, -0.1) is 0 Å². The molecule has 2 aromatic rings. The van der Waals surface area contributed by atoms with Crippen LogP contribution in [0.3, 0.4) is 0 Å². The number of amides is 1. The first-order valence-corrected chi connectivity index (χ1v) is 11.8. The Morgan fingerprint density at radius 1 is 1.16 bits per heavy atom. The maximum absolute atomic E-state index is 13.1. The van der Waals surface area contributed by atoms with Crippen molar-refractivity contribution in [3.63, 3.8) is 0 Å². The van der Waals surface area contributed by atoms with Crippen molar-refractivity contribution in [2.75, 3.05) is 22.4 Å². The van der Waals surface area contributed by atoms with Gasteiger partial charge in [-0.05, 0) is 41.3 Å². The van der Waals surface area contributed by atoms with Crippen LogP contribution in [-0.2, 0) is 26.4 Å². The van der Waals surface area contributed by atoms with Crippen LogP contribution < -0.4 is 14.4 Å². The van der Waals surface area contributed by atoms with Crippen LogP contribution in [0.25, 0.3) is 0 Å². The van der Waals surface area contributed by atoms with Gasteiger partial charge in [0.2, 0.25) is 10.0 Å². The van der Waals surface area contributed by atoms with Crippen LogP contribution in [0.1, 0.15) is 31.9 Å². The number of hydrogen-bond donors (Lipinski definition) is 1. The van der Waals surface area contributed by atoms with Gasteiger partial charge in [-0.1, -0.05) is 38.4 Å². The molecule has 1 N–H and O–H groups in total. The number of carbonyl (C=O) groups excluding carboxylic acids is 1. The van der Waals surface area contributed by atoms with Crippen LogP contribution in [0.15, 0.2) is 36.4 Å². The molecule has 0 aliphatic carbocycles. The van der Waals surface area contributed by atoms with Crippen LogP contribution in [-0.4, -0.2) is 33.2 Å². The van der Waals surface area contributed by atoms with Gasteiger partial charge in [0.1, 0.15) is 5.75 Å². The van der Waals surface area contributed by atoms with Gasteiger partial charge >= 0.3 is 6.18 Å². The summed E-state index contributed by atoms with van der Waals surface area (Å²) in [5, 5.41) is 1.84. The van der Waals surface area contributed by atoms with Gasteiger partial charge in [-0.3, -0.25) is 9.10 Å². The Labute approximate surface area is 189 Å². The van der Waals surface area contributed by atoms with E-state index in [4.69, 9.17) is 16.3 Å². The summed E-state index contributed by atoms with van der Waals surface area (Å²) in [6.45, 7) is 5.59. The van der Waals surface area contributed by atoms with E-state index in [0.717, 1.165) is 22.2 Å². The number of alkyl halides is 3. The second-order valence-corrected chi connectivity index (χ2v) is 10.8. The predicted octanol–water partition coefficient (Wildman–Crippen LogP) is 4.82. The number of nitrogens with zero attached hydrogens (tertiary/aromatic N) is 1. The van der Waals surface area contributed by atoms with E-state index in [-0.39, 0.29) is 23.4 Å². The van der Waals surface area contributed by atoms with Gasteiger partial charge < -0.3 is 10.1 Å². The summed E-state index contributed by atoms with van der Waals surface area (Å²) in [7, 11) is -3.77. The van der Waals surface area contributed by atoms with Gasteiger partial charge in [-0.2, -0.15) is 13.2 Å². The van der Waals surface area contributed by atoms with Gasteiger partial charge in [0.05, 0.1) is 29.1 Å². The standard InChI is InChI=1S/C21H22ClF3N2O4S/c1-20(2,3)12-5-8-17-16(9-12)27(32(4,29)30)11-18(31-17)19(28)26-13-6-7-15(22)14(10-13)21(23,24)25/h5-10,18H,11H2,1-4H3,(H,26,28). The highest BCUT2D eigenvalue weighted by Gasteiger charge is 2.37. The zero-order chi connectivity index (χ0) is 24.1. The number of benzene rings is 2. The predicted molar refractivity (Wildman–Crippen MR) is 117 cm³/mol. The highest BCUT2D eigenvalue weighted by Crippen LogP contribution is 2.39. The third-order valence-electron chi connectivity index (χ3n) is 4.93. The first kappa shape index (κ1) is 24.2. The van der Waals surface area contributed by atoms with E-state index in [1.165, 1.54) is 6.07 Å². The summed E-state index contributed by atoms with van der Waals surface area (Å²) in [5.41, 5.74) is -0.321. The molecule has 11 heteroatoms. The first-order chi connectivity index (χ1) is 14.6. The SMILES string of the molecule is CC(C)(C)c1ccc2c(c1)N(S(C)(=O)=O)CC(C(=O)Nc1ccc(Cl)c(C(F)(F)F)c1)O2. The number of hydrogen-bond acceptors (Lipinski definition) is 4. The second kappa shape index (κ2) is 8.15. The summed E-state index contributed by atoms with van der Waals surface area (Å²) in [6, 6.07) is 8.00. The average molecular weight is 491 g/mol. The minimum atomic E-state index is -4.70. The second-order valence-electron chi connectivity index (χ2n) is 8.51. The Morgan fingerprint density at radius 3 is 2.38 bits per heavy atom. The minimum absolute atomic E-state index is 0.143. The molecule has 0 saturated heterocycles. The van der Waals surface area contributed by atoms with E-state index in [9.17, 15) is 26.4 Å². The molecule has 1 aliphatic heterocycles. The highest BCUT2D eigenvalue weighted by atomic mass is 35.5. The molecule has 32 heavy (non-hydrogen) atoms. The Balaban J connectivity index is 1.92. The number of anilines is 2. The lowest BCUT2D eigenvalue weighted by Gasteiger charge is -2.35. The van der Waals surface area contributed by atoms with Gasteiger partial charge in [0.15, 0.2) is 6.10 Å². The molecule has 1 atom stereocenters. The molecule has 0 spiro atoms. The average Bonchev–Trinajstić information content (AvgIpc) is 2.65. The van der Waals surface area contributed by atoms with Crippen LogP contribution in [0.2, 0.25) is 5.02 Å². The number of halogens is 4. The van der Waals surface area contributed by atoms with Crippen molar-refractivity contribution in [1.82, 2.24) is 0 Å². The van der Waals surface area contributed by atoms with Crippen molar-refractivity contribution in [2.24, 2.45) is 0 Å². The molecule has 1 heterocycles. The number of ether oxygens (including phenoxy) is 1. The summed E-state index contributed by atoms with van der Waals surface area (Å²) < 4.78 is 70.9. The van der Waals surface area contributed by atoms with Crippen LogP contribution in [0, 0.1) is 0 Å². The van der Waals surface area contributed by atoms with Crippen molar-refractivity contribution in [3.8, 4) is 5.75 Å². The monoisotopic (exact) mass is 490 g/mol. The smallest absolute Gasteiger partial charge is 0.417 e. The van der Waals surface area contributed by atoms with Crippen molar-refractivity contribution >= 4 is 38.9 Å². The summed E-state index contributed by atoms with van der Waals surface area (Å²) in [5.74, 6) is -0.610. The Bertz CT molecular complexity index is 1160. The van der Waals surface area contributed by atoms with E-state index in [0.29, 0.717) is 11.8 Å². The molecule has 0 aromatic heterocycles. The fourth-order valence-electron chi connectivity index (χ4n) is 3.21. The maximum atomic E-state index is 13.1. The molecule has 0 radical (unpaired) electrons. The molecular weight excluding hydrogens is 469 g/mol. The number of sulfonamides is 1. The fraction of sp³-hybridized carbons (Fsp3) is 0.381. The topological polar surface area (TPSA) is 75.7 Å². The molecule has 1 unspecified atom stereocenters. The van der Waals surface area contributed by atoms with E-state index in [1.54, 1.807) is 18.2 Å². The first-order valence-electron chi connectivity index (χ1n) is 9.54. The fourth-order valence-corrected chi connectivity index (χ4v) is 4.34. The normalized spacial score (nSPS) is 16.9.